The predicted octanol–water partition coefficient (Wildman–Crippen LogP) is 1.45. The van der Waals surface area contributed by atoms with E-state index in [0.717, 1.165) is 12.8 Å². The molecular formula is C16H22N4O5. The van der Waals surface area contributed by atoms with Gasteiger partial charge < -0.3 is 20.3 Å². The molecule has 136 valence electrons. The van der Waals surface area contributed by atoms with E-state index in [1.54, 1.807) is 0 Å². The fourth-order valence-electron chi connectivity index (χ4n) is 2.32. The maximum absolute atomic E-state index is 12.1. The van der Waals surface area contributed by atoms with Crippen LogP contribution in [0.2, 0.25) is 0 Å². The van der Waals surface area contributed by atoms with E-state index in [4.69, 9.17) is 9.84 Å². The topological polar surface area (TPSA) is 126 Å². The van der Waals surface area contributed by atoms with Crippen LogP contribution in [0.1, 0.15) is 44.0 Å². The van der Waals surface area contributed by atoms with E-state index in [2.05, 4.69) is 29.2 Å². The van der Waals surface area contributed by atoms with Gasteiger partial charge in [-0.1, -0.05) is 13.8 Å². The predicted molar refractivity (Wildman–Crippen MR) is 88.8 cm³/mol. The lowest BCUT2D eigenvalue weighted by Crippen LogP contribution is -2.29. The number of ether oxygens (including phenoxy) is 1. The zero-order valence-electron chi connectivity index (χ0n) is 14.4. The molecule has 0 aliphatic heterocycles. The standard InChI is InChI=1S/C16H22N4O5/c1-9(2)4-5-10(3)25-12-6-11(21)14(15-18-8-19-20(12)15)16(24)17-7-13(22)23/h6,8-10,21H,4-5,7H2,1-3H3,(H,17,24)(H,22,23). The number of carboxylic acids is 1. The van der Waals surface area contributed by atoms with Crippen molar-refractivity contribution in [1.29, 1.82) is 0 Å². The zero-order chi connectivity index (χ0) is 18.6. The van der Waals surface area contributed by atoms with Crippen molar-refractivity contribution in [2.75, 3.05) is 6.54 Å². The number of aromatic nitrogens is 3. The summed E-state index contributed by atoms with van der Waals surface area (Å²) in [4.78, 5) is 26.7. The van der Waals surface area contributed by atoms with Crippen molar-refractivity contribution >= 4 is 17.5 Å². The largest absolute Gasteiger partial charge is 0.507 e. The molecule has 2 aromatic rings. The highest BCUT2D eigenvalue weighted by Gasteiger charge is 2.22. The number of hydrogen-bond acceptors (Lipinski definition) is 6. The van der Waals surface area contributed by atoms with E-state index in [0.29, 0.717) is 5.92 Å². The number of carboxylic acid groups (broad SMARTS) is 1. The summed E-state index contributed by atoms with van der Waals surface area (Å²) in [7, 11) is 0. The minimum absolute atomic E-state index is 0.0916. The van der Waals surface area contributed by atoms with Crippen LogP contribution in [-0.2, 0) is 4.79 Å². The molecule has 0 aliphatic carbocycles. The molecule has 0 fully saturated rings. The van der Waals surface area contributed by atoms with E-state index in [-0.39, 0.29) is 28.9 Å². The first-order chi connectivity index (χ1) is 11.8. The minimum atomic E-state index is -1.19. The van der Waals surface area contributed by atoms with Gasteiger partial charge in [0.15, 0.2) is 5.65 Å². The average molecular weight is 350 g/mol. The molecule has 0 saturated heterocycles. The van der Waals surface area contributed by atoms with Gasteiger partial charge in [-0.2, -0.15) is 9.61 Å². The third-order valence-electron chi connectivity index (χ3n) is 3.60. The Morgan fingerprint density at radius 1 is 1.32 bits per heavy atom. The maximum atomic E-state index is 12.1. The molecule has 0 saturated carbocycles. The van der Waals surface area contributed by atoms with Crippen molar-refractivity contribution in [3.05, 3.63) is 18.0 Å². The molecular weight excluding hydrogens is 328 g/mol. The van der Waals surface area contributed by atoms with E-state index in [1.807, 2.05) is 6.92 Å². The van der Waals surface area contributed by atoms with Gasteiger partial charge in [-0.05, 0) is 25.7 Å². The van der Waals surface area contributed by atoms with E-state index >= 15 is 0 Å². The van der Waals surface area contributed by atoms with E-state index < -0.39 is 18.4 Å². The number of pyridine rings is 1. The van der Waals surface area contributed by atoms with Crippen LogP contribution in [0.25, 0.3) is 5.65 Å². The lowest BCUT2D eigenvalue weighted by molar-refractivity contribution is -0.135. The highest BCUT2D eigenvalue weighted by Crippen LogP contribution is 2.28. The SMILES string of the molecule is CC(C)CCC(C)Oc1cc(O)c(C(=O)NCC(=O)O)c2ncnn12. The third kappa shape index (κ3) is 4.59. The summed E-state index contributed by atoms with van der Waals surface area (Å²) in [5, 5.41) is 25.1. The van der Waals surface area contributed by atoms with Crippen LogP contribution in [0.3, 0.4) is 0 Å². The van der Waals surface area contributed by atoms with Crippen molar-refractivity contribution in [1.82, 2.24) is 19.9 Å². The molecule has 2 heterocycles. The van der Waals surface area contributed by atoms with Gasteiger partial charge in [0, 0.05) is 6.07 Å². The first-order valence-corrected chi connectivity index (χ1v) is 8.02. The van der Waals surface area contributed by atoms with Crippen LogP contribution >= 0.6 is 0 Å². The molecule has 0 spiro atoms. The molecule has 0 aliphatic rings. The van der Waals surface area contributed by atoms with Crippen molar-refractivity contribution in [2.24, 2.45) is 5.92 Å². The first kappa shape index (κ1) is 18.5. The van der Waals surface area contributed by atoms with Gasteiger partial charge in [0.25, 0.3) is 5.91 Å². The monoisotopic (exact) mass is 350 g/mol. The highest BCUT2D eigenvalue weighted by atomic mass is 16.5. The van der Waals surface area contributed by atoms with Gasteiger partial charge in [0.2, 0.25) is 5.88 Å². The van der Waals surface area contributed by atoms with Gasteiger partial charge >= 0.3 is 5.97 Å². The summed E-state index contributed by atoms with van der Waals surface area (Å²) in [6.07, 6.45) is 2.94. The smallest absolute Gasteiger partial charge is 0.322 e. The van der Waals surface area contributed by atoms with Gasteiger partial charge in [0.05, 0.1) is 6.10 Å². The van der Waals surface area contributed by atoms with Crippen LogP contribution in [0.4, 0.5) is 0 Å². The Hall–Kier alpha value is -2.84. The van der Waals surface area contributed by atoms with Crippen LogP contribution < -0.4 is 10.1 Å². The normalized spacial score (nSPS) is 12.3. The number of aromatic hydroxyl groups is 1. The highest BCUT2D eigenvalue weighted by molar-refractivity contribution is 6.03. The summed E-state index contributed by atoms with van der Waals surface area (Å²) in [5.41, 5.74) is -0.0603. The maximum Gasteiger partial charge on any atom is 0.322 e. The van der Waals surface area contributed by atoms with Crippen molar-refractivity contribution < 1.29 is 24.5 Å². The van der Waals surface area contributed by atoms with Crippen molar-refractivity contribution in [3.63, 3.8) is 0 Å². The number of hydrogen-bond donors (Lipinski definition) is 3. The Morgan fingerprint density at radius 3 is 2.68 bits per heavy atom. The molecule has 0 aromatic carbocycles. The number of carbonyl (C=O) groups excluding carboxylic acids is 1. The Balaban J connectivity index is 2.27. The molecule has 2 aromatic heterocycles. The Labute approximate surface area is 144 Å². The minimum Gasteiger partial charge on any atom is -0.507 e. The van der Waals surface area contributed by atoms with Crippen LogP contribution in [-0.4, -0.2) is 49.3 Å². The molecule has 3 N–H and O–H groups in total. The molecule has 0 bridgehead atoms. The van der Waals surface area contributed by atoms with Crippen LogP contribution in [0.15, 0.2) is 12.4 Å². The molecule has 2 rings (SSSR count). The summed E-state index contributed by atoms with van der Waals surface area (Å²) < 4.78 is 7.13. The molecule has 9 heteroatoms. The van der Waals surface area contributed by atoms with Gasteiger partial charge in [0.1, 0.15) is 24.2 Å². The molecule has 1 unspecified atom stereocenters. The van der Waals surface area contributed by atoms with E-state index in [9.17, 15) is 14.7 Å². The number of nitrogens with zero attached hydrogens (tertiary/aromatic N) is 3. The quantitative estimate of drug-likeness (QED) is 0.658. The number of rotatable bonds is 8. The molecule has 1 amide bonds. The van der Waals surface area contributed by atoms with Crippen molar-refractivity contribution in [3.8, 4) is 11.6 Å². The summed E-state index contributed by atoms with van der Waals surface area (Å²) >= 11 is 0. The molecule has 25 heavy (non-hydrogen) atoms. The first-order valence-electron chi connectivity index (χ1n) is 8.02. The number of nitrogens with one attached hydrogen (secondary N) is 1. The lowest BCUT2D eigenvalue weighted by atomic mass is 10.1. The summed E-state index contributed by atoms with van der Waals surface area (Å²) in [6, 6.07) is 1.28. The summed E-state index contributed by atoms with van der Waals surface area (Å²) in [5.74, 6) is -1.49. The molecule has 9 nitrogen and oxygen atoms in total. The van der Waals surface area contributed by atoms with Crippen LogP contribution in [0.5, 0.6) is 11.6 Å². The Kier molecular flexibility index (Phi) is 5.79. The second kappa shape index (κ2) is 7.82. The zero-order valence-corrected chi connectivity index (χ0v) is 14.4. The van der Waals surface area contributed by atoms with Gasteiger partial charge in [-0.3, -0.25) is 9.59 Å². The Morgan fingerprint density at radius 2 is 2.04 bits per heavy atom. The third-order valence-corrected chi connectivity index (χ3v) is 3.60. The number of amides is 1. The average Bonchev–Trinajstić information content (AvgIpc) is 3.00. The van der Waals surface area contributed by atoms with E-state index in [1.165, 1.54) is 16.9 Å². The van der Waals surface area contributed by atoms with Crippen LogP contribution in [0, 0.1) is 5.92 Å². The van der Waals surface area contributed by atoms with Gasteiger partial charge in [-0.15, -0.1) is 0 Å². The second-order valence-corrected chi connectivity index (χ2v) is 6.21. The molecule has 0 radical (unpaired) electrons. The fraction of sp³-hybridized carbons (Fsp3) is 0.500. The van der Waals surface area contributed by atoms with Gasteiger partial charge in [-0.25, -0.2) is 4.98 Å². The number of carbonyl (C=O) groups is 2. The lowest BCUT2D eigenvalue weighted by Gasteiger charge is -2.17. The fourth-order valence-corrected chi connectivity index (χ4v) is 2.32. The number of aliphatic carboxylic acids is 1. The Bertz CT molecular complexity index is 771. The van der Waals surface area contributed by atoms with Crippen molar-refractivity contribution in [2.45, 2.75) is 39.7 Å². The second-order valence-electron chi connectivity index (χ2n) is 6.21. The number of fused-ring (bicyclic) bond motifs is 1. The summed E-state index contributed by atoms with van der Waals surface area (Å²) in [6.45, 7) is 5.59. The molecule has 1 atom stereocenters.